The van der Waals surface area contributed by atoms with E-state index in [0.717, 1.165) is 44.0 Å². The van der Waals surface area contributed by atoms with E-state index in [2.05, 4.69) is 34.1 Å². The Kier molecular flexibility index (Phi) is 5.12. The number of nitrogens with zero attached hydrogens (tertiary/aromatic N) is 3. The number of aromatic nitrogens is 2. The molecule has 1 aromatic carbocycles. The third kappa shape index (κ3) is 3.59. The molecular weight excluding hydrogens is 362 g/mol. The van der Waals surface area contributed by atoms with E-state index >= 15 is 0 Å². The van der Waals surface area contributed by atoms with E-state index in [1.165, 1.54) is 37.7 Å². The number of benzene rings is 1. The number of piperidine rings is 1. The van der Waals surface area contributed by atoms with Crippen LogP contribution in [0.25, 0.3) is 0 Å². The van der Waals surface area contributed by atoms with Gasteiger partial charge in [-0.25, -0.2) is 4.98 Å². The molecule has 5 heteroatoms. The molecule has 1 N–H and O–H groups in total. The van der Waals surface area contributed by atoms with Crippen LogP contribution >= 0.6 is 0 Å². The number of aliphatic hydroxyl groups is 1. The van der Waals surface area contributed by atoms with Crippen molar-refractivity contribution in [1.82, 2.24) is 14.5 Å². The van der Waals surface area contributed by atoms with Gasteiger partial charge in [-0.2, -0.15) is 0 Å². The van der Waals surface area contributed by atoms with Crippen molar-refractivity contribution >= 4 is 0 Å². The van der Waals surface area contributed by atoms with Gasteiger partial charge in [0.1, 0.15) is 17.2 Å². The standard InChI is InChI=1S/C24H33N3O2/c1-26-14-13-25-23(26)24(28)19-5-4-6-20(24)17-27(16-19)15-18-9-11-22(12-10-18)29-21-7-2-3-8-21/h9-14,19-21,28H,2-8,15-17H2,1H3. The highest BCUT2D eigenvalue weighted by atomic mass is 16.5. The van der Waals surface area contributed by atoms with Crippen LogP contribution < -0.4 is 4.74 Å². The predicted octanol–water partition coefficient (Wildman–Crippen LogP) is 3.86. The molecule has 1 aromatic heterocycles. The van der Waals surface area contributed by atoms with Crippen molar-refractivity contribution in [2.45, 2.75) is 63.2 Å². The number of ether oxygens (including phenoxy) is 1. The smallest absolute Gasteiger partial charge is 0.141 e. The number of rotatable bonds is 5. The summed E-state index contributed by atoms with van der Waals surface area (Å²) in [6.45, 7) is 2.80. The Labute approximate surface area is 173 Å². The van der Waals surface area contributed by atoms with Crippen molar-refractivity contribution in [2.75, 3.05) is 13.1 Å². The van der Waals surface area contributed by atoms with Crippen LogP contribution in [0.4, 0.5) is 0 Å². The fourth-order valence-corrected chi connectivity index (χ4v) is 5.92. The third-order valence-corrected chi connectivity index (χ3v) is 7.42. The Morgan fingerprint density at radius 3 is 2.34 bits per heavy atom. The van der Waals surface area contributed by atoms with Crippen molar-refractivity contribution in [3.05, 3.63) is 48.0 Å². The summed E-state index contributed by atoms with van der Waals surface area (Å²) in [5, 5.41) is 11.7. The van der Waals surface area contributed by atoms with Crippen molar-refractivity contribution < 1.29 is 9.84 Å². The number of likely N-dealkylation sites (tertiary alicyclic amines) is 1. The first kappa shape index (κ1) is 19.1. The second-order valence-electron chi connectivity index (χ2n) is 9.37. The second-order valence-corrected chi connectivity index (χ2v) is 9.37. The molecule has 1 saturated heterocycles. The molecule has 5 rings (SSSR count). The zero-order valence-electron chi connectivity index (χ0n) is 17.5. The highest BCUT2D eigenvalue weighted by Gasteiger charge is 2.53. The van der Waals surface area contributed by atoms with Crippen LogP contribution in [0.15, 0.2) is 36.7 Å². The van der Waals surface area contributed by atoms with Crippen LogP contribution in [0.5, 0.6) is 5.75 Å². The lowest BCUT2D eigenvalue weighted by molar-refractivity contribution is -0.155. The number of hydrogen-bond donors (Lipinski definition) is 1. The lowest BCUT2D eigenvalue weighted by Crippen LogP contribution is -2.58. The summed E-state index contributed by atoms with van der Waals surface area (Å²) in [5.41, 5.74) is 0.538. The first-order chi connectivity index (χ1) is 14.1. The summed E-state index contributed by atoms with van der Waals surface area (Å²) in [6, 6.07) is 8.67. The molecule has 2 heterocycles. The Bertz CT molecular complexity index is 811. The lowest BCUT2D eigenvalue weighted by atomic mass is 9.65. The molecule has 29 heavy (non-hydrogen) atoms. The van der Waals surface area contributed by atoms with Crippen molar-refractivity contribution in [1.29, 1.82) is 0 Å². The van der Waals surface area contributed by atoms with Crippen LogP contribution in [-0.2, 0) is 19.2 Å². The average molecular weight is 396 g/mol. The van der Waals surface area contributed by atoms with Gasteiger partial charge in [0.2, 0.25) is 0 Å². The fourth-order valence-electron chi connectivity index (χ4n) is 5.92. The molecule has 0 amide bonds. The molecule has 156 valence electrons. The van der Waals surface area contributed by atoms with Gasteiger partial charge in [0.25, 0.3) is 0 Å². The number of aryl methyl sites for hydroxylation is 1. The van der Waals surface area contributed by atoms with Crippen LogP contribution in [0, 0.1) is 11.8 Å². The molecule has 2 atom stereocenters. The van der Waals surface area contributed by atoms with E-state index in [1.54, 1.807) is 0 Å². The zero-order valence-corrected chi connectivity index (χ0v) is 17.5. The van der Waals surface area contributed by atoms with E-state index < -0.39 is 5.60 Å². The summed E-state index contributed by atoms with van der Waals surface area (Å²) >= 11 is 0. The fraction of sp³-hybridized carbons (Fsp3) is 0.625. The number of hydrogen-bond acceptors (Lipinski definition) is 4. The Balaban J connectivity index is 1.26. The quantitative estimate of drug-likeness (QED) is 0.835. The molecule has 0 spiro atoms. The molecule has 5 nitrogen and oxygen atoms in total. The second kappa shape index (κ2) is 7.77. The summed E-state index contributed by atoms with van der Waals surface area (Å²) in [4.78, 5) is 7.06. The first-order valence-corrected chi connectivity index (χ1v) is 11.3. The van der Waals surface area contributed by atoms with E-state index in [-0.39, 0.29) is 11.8 Å². The van der Waals surface area contributed by atoms with E-state index in [1.807, 2.05) is 24.0 Å². The van der Waals surface area contributed by atoms with Crippen molar-refractivity contribution in [3.63, 3.8) is 0 Å². The molecule has 2 aromatic rings. The average Bonchev–Trinajstić information content (AvgIpc) is 3.36. The van der Waals surface area contributed by atoms with Gasteiger partial charge in [-0.3, -0.25) is 4.90 Å². The summed E-state index contributed by atoms with van der Waals surface area (Å²) in [5.74, 6) is 2.35. The minimum atomic E-state index is -0.786. The maximum Gasteiger partial charge on any atom is 0.141 e. The Hall–Kier alpha value is -1.85. The largest absolute Gasteiger partial charge is 0.490 e. The summed E-state index contributed by atoms with van der Waals surface area (Å²) in [6.07, 6.45) is 12.5. The molecule has 2 bridgehead atoms. The molecule has 3 aliphatic rings. The summed E-state index contributed by atoms with van der Waals surface area (Å²) < 4.78 is 8.11. The Morgan fingerprint density at radius 1 is 1.03 bits per heavy atom. The highest BCUT2D eigenvalue weighted by Crippen LogP contribution is 2.48. The first-order valence-electron chi connectivity index (χ1n) is 11.3. The van der Waals surface area contributed by atoms with Gasteiger partial charge >= 0.3 is 0 Å². The molecule has 2 unspecified atom stereocenters. The maximum atomic E-state index is 11.7. The topological polar surface area (TPSA) is 50.5 Å². The third-order valence-electron chi connectivity index (χ3n) is 7.42. The minimum absolute atomic E-state index is 0.251. The SMILES string of the molecule is Cn1ccnc1C1(O)C2CCCC1CN(Cc1ccc(OC3CCCC3)cc1)C2. The van der Waals surface area contributed by atoms with Crippen LogP contribution in [0.2, 0.25) is 0 Å². The van der Waals surface area contributed by atoms with Crippen LogP contribution in [-0.4, -0.2) is 38.8 Å². The lowest BCUT2D eigenvalue weighted by Gasteiger charge is -2.52. The normalized spacial score (nSPS) is 30.6. The highest BCUT2D eigenvalue weighted by molar-refractivity contribution is 5.28. The molecular formula is C24H33N3O2. The number of fused-ring (bicyclic) bond motifs is 2. The van der Waals surface area contributed by atoms with Gasteiger partial charge in [0, 0.05) is 50.9 Å². The van der Waals surface area contributed by atoms with Crippen LogP contribution in [0.3, 0.4) is 0 Å². The molecule has 1 aliphatic heterocycles. The maximum absolute atomic E-state index is 11.7. The van der Waals surface area contributed by atoms with Gasteiger partial charge in [0.15, 0.2) is 0 Å². The van der Waals surface area contributed by atoms with Gasteiger partial charge in [-0.1, -0.05) is 18.6 Å². The predicted molar refractivity (Wildman–Crippen MR) is 113 cm³/mol. The minimum Gasteiger partial charge on any atom is -0.490 e. The molecule has 3 fully saturated rings. The van der Waals surface area contributed by atoms with Crippen LogP contribution in [0.1, 0.15) is 56.3 Å². The van der Waals surface area contributed by atoms with E-state index in [0.29, 0.717) is 6.10 Å². The van der Waals surface area contributed by atoms with Crippen molar-refractivity contribution in [3.8, 4) is 5.75 Å². The van der Waals surface area contributed by atoms with Gasteiger partial charge in [0.05, 0.1) is 6.10 Å². The monoisotopic (exact) mass is 395 g/mol. The van der Waals surface area contributed by atoms with Crippen molar-refractivity contribution in [2.24, 2.45) is 18.9 Å². The molecule has 2 saturated carbocycles. The molecule has 2 aliphatic carbocycles. The van der Waals surface area contributed by atoms with E-state index in [4.69, 9.17) is 4.74 Å². The Morgan fingerprint density at radius 2 is 1.72 bits per heavy atom. The van der Waals surface area contributed by atoms with Gasteiger partial charge < -0.3 is 14.4 Å². The van der Waals surface area contributed by atoms with Gasteiger partial charge in [-0.15, -0.1) is 0 Å². The summed E-state index contributed by atoms with van der Waals surface area (Å²) in [7, 11) is 2.00. The molecule has 0 radical (unpaired) electrons. The van der Waals surface area contributed by atoms with Gasteiger partial charge in [-0.05, 0) is 56.2 Å². The number of imidazole rings is 1. The van der Waals surface area contributed by atoms with E-state index in [9.17, 15) is 5.11 Å². The zero-order chi connectivity index (χ0) is 19.8.